The molecule has 2 heterocycles. The molecule has 2 aromatic rings. The van der Waals surface area contributed by atoms with Crippen LogP contribution in [-0.4, -0.2) is 28.1 Å². The van der Waals surface area contributed by atoms with Crippen LogP contribution in [0.15, 0.2) is 30.5 Å². The zero-order chi connectivity index (χ0) is 12.6. The van der Waals surface area contributed by atoms with Crippen LogP contribution < -0.4 is 5.32 Å². The zero-order valence-corrected chi connectivity index (χ0v) is 11.0. The predicted octanol–water partition coefficient (Wildman–Crippen LogP) is 1.55. The van der Waals surface area contributed by atoms with E-state index < -0.39 is 0 Å². The van der Waals surface area contributed by atoms with E-state index in [0.29, 0.717) is 0 Å². The first-order chi connectivity index (χ1) is 8.68. The Balaban J connectivity index is 1.90. The first-order valence-electron chi connectivity index (χ1n) is 6.00. The predicted molar refractivity (Wildman–Crippen MR) is 70.7 cm³/mol. The lowest BCUT2D eigenvalue weighted by Crippen LogP contribution is -2.58. The molecule has 1 aliphatic rings. The molecule has 1 saturated heterocycles. The van der Waals surface area contributed by atoms with Crippen LogP contribution in [0.4, 0.5) is 0 Å². The summed E-state index contributed by atoms with van der Waals surface area (Å²) in [4.78, 5) is 0. The monoisotopic (exact) mass is 262 g/mol. The summed E-state index contributed by atoms with van der Waals surface area (Å²) in [5.41, 5.74) is 2.42. The largest absolute Gasteiger partial charge is 0.315 e. The number of nitrogens with zero attached hydrogens (tertiary/aromatic N) is 3. The molecule has 94 valence electrons. The Hall–Kier alpha value is -1.39. The van der Waals surface area contributed by atoms with Crippen molar-refractivity contribution in [2.45, 2.75) is 11.8 Å². The fourth-order valence-electron chi connectivity index (χ4n) is 2.50. The summed E-state index contributed by atoms with van der Waals surface area (Å²) in [6.07, 6.45) is 2.87. The molecule has 0 amide bonds. The molecule has 1 aromatic heterocycles. The summed E-state index contributed by atoms with van der Waals surface area (Å²) in [5.74, 6) is 0. The van der Waals surface area contributed by atoms with E-state index >= 15 is 0 Å². The Kier molecular flexibility index (Phi) is 2.84. The van der Waals surface area contributed by atoms with Crippen molar-refractivity contribution in [1.29, 1.82) is 0 Å². The van der Waals surface area contributed by atoms with Crippen molar-refractivity contribution in [2.75, 3.05) is 13.1 Å². The van der Waals surface area contributed by atoms with Crippen LogP contribution in [0.2, 0.25) is 5.02 Å². The lowest BCUT2D eigenvalue weighted by atomic mass is 9.72. The molecule has 3 rings (SSSR count). The van der Waals surface area contributed by atoms with E-state index in [1.165, 1.54) is 5.56 Å². The van der Waals surface area contributed by atoms with Gasteiger partial charge in [-0.3, -0.25) is 4.68 Å². The van der Waals surface area contributed by atoms with Crippen LogP contribution in [0.25, 0.3) is 0 Å². The maximum Gasteiger partial charge on any atom is 0.0836 e. The highest BCUT2D eigenvalue weighted by atomic mass is 35.5. The Morgan fingerprint density at radius 1 is 1.44 bits per heavy atom. The van der Waals surface area contributed by atoms with Crippen molar-refractivity contribution in [3.8, 4) is 0 Å². The molecule has 1 fully saturated rings. The quantitative estimate of drug-likeness (QED) is 0.913. The van der Waals surface area contributed by atoms with Crippen molar-refractivity contribution < 1.29 is 0 Å². The van der Waals surface area contributed by atoms with E-state index in [4.69, 9.17) is 11.6 Å². The fourth-order valence-corrected chi connectivity index (χ4v) is 2.69. The van der Waals surface area contributed by atoms with Crippen LogP contribution in [0.1, 0.15) is 11.3 Å². The van der Waals surface area contributed by atoms with Gasteiger partial charge < -0.3 is 5.32 Å². The molecule has 0 spiro atoms. The van der Waals surface area contributed by atoms with E-state index in [2.05, 4.69) is 27.8 Å². The normalized spacial score (nSPS) is 17.4. The van der Waals surface area contributed by atoms with E-state index in [1.807, 2.05) is 25.4 Å². The zero-order valence-electron chi connectivity index (χ0n) is 10.2. The van der Waals surface area contributed by atoms with Gasteiger partial charge in [-0.2, -0.15) is 0 Å². The summed E-state index contributed by atoms with van der Waals surface area (Å²) in [6.45, 7) is 1.92. The minimum atomic E-state index is 0.112. The highest BCUT2D eigenvalue weighted by Gasteiger charge is 2.39. The van der Waals surface area contributed by atoms with Gasteiger partial charge in [0.2, 0.25) is 0 Å². The van der Waals surface area contributed by atoms with Gasteiger partial charge in [-0.25, -0.2) is 0 Å². The number of aromatic nitrogens is 3. The van der Waals surface area contributed by atoms with E-state index in [1.54, 1.807) is 4.68 Å². The van der Waals surface area contributed by atoms with Crippen LogP contribution in [0.5, 0.6) is 0 Å². The lowest BCUT2D eigenvalue weighted by Gasteiger charge is -2.43. The smallest absolute Gasteiger partial charge is 0.0836 e. The summed E-state index contributed by atoms with van der Waals surface area (Å²) in [7, 11) is 1.89. The topological polar surface area (TPSA) is 42.7 Å². The van der Waals surface area contributed by atoms with Crippen LogP contribution >= 0.6 is 11.6 Å². The molecule has 0 bridgehead atoms. The molecule has 1 aromatic carbocycles. The molecule has 5 heteroatoms. The molecule has 0 aliphatic carbocycles. The van der Waals surface area contributed by atoms with Crippen molar-refractivity contribution >= 4 is 11.6 Å². The molecule has 1 N–H and O–H groups in total. The number of hydrogen-bond donors (Lipinski definition) is 1. The SMILES string of the molecule is Cn1cc(CC2(c3cccc(Cl)c3)CNC2)nn1. The van der Waals surface area contributed by atoms with Gasteiger partial charge >= 0.3 is 0 Å². The fraction of sp³-hybridized carbons (Fsp3) is 0.385. The van der Waals surface area contributed by atoms with E-state index in [-0.39, 0.29) is 5.41 Å². The van der Waals surface area contributed by atoms with Gasteiger partial charge in [0.1, 0.15) is 0 Å². The summed E-state index contributed by atoms with van der Waals surface area (Å²) >= 11 is 6.09. The molecule has 0 unspecified atom stereocenters. The number of benzene rings is 1. The number of halogens is 1. The van der Waals surface area contributed by atoms with Crippen molar-refractivity contribution in [2.24, 2.45) is 7.05 Å². The van der Waals surface area contributed by atoms with E-state index in [0.717, 1.165) is 30.2 Å². The third kappa shape index (κ3) is 2.02. The average Bonchev–Trinajstić information content (AvgIpc) is 2.69. The Morgan fingerprint density at radius 2 is 2.28 bits per heavy atom. The average molecular weight is 263 g/mol. The summed E-state index contributed by atoms with van der Waals surface area (Å²) in [6, 6.07) is 8.11. The second-order valence-electron chi connectivity index (χ2n) is 4.95. The minimum absolute atomic E-state index is 0.112. The van der Waals surface area contributed by atoms with Crippen molar-refractivity contribution in [3.05, 3.63) is 46.7 Å². The van der Waals surface area contributed by atoms with Gasteiger partial charge in [0.05, 0.1) is 5.69 Å². The van der Waals surface area contributed by atoms with Gasteiger partial charge in [0.25, 0.3) is 0 Å². The molecular formula is C13H15ClN4. The molecule has 1 aliphatic heterocycles. The molecule has 0 saturated carbocycles. The Labute approximate surface area is 111 Å². The first-order valence-corrected chi connectivity index (χ1v) is 6.38. The van der Waals surface area contributed by atoms with Gasteiger partial charge in [-0.1, -0.05) is 28.9 Å². The Bertz CT molecular complexity index is 560. The second kappa shape index (κ2) is 4.37. The maximum absolute atomic E-state index is 6.09. The highest BCUT2D eigenvalue weighted by molar-refractivity contribution is 6.30. The molecular weight excluding hydrogens is 248 g/mol. The lowest BCUT2D eigenvalue weighted by molar-refractivity contribution is 0.272. The Morgan fingerprint density at radius 3 is 2.83 bits per heavy atom. The summed E-state index contributed by atoms with van der Waals surface area (Å²) in [5, 5.41) is 12.3. The maximum atomic E-state index is 6.09. The van der Waals surface area contributed by atoms with Gasteiger partial charge in [0, 0.05) is 43.2 Å². The number of hydrogen-bond acceptors (Lipinski definition) is 3. The van der Waals surface area contributed by atoms with Crippen molar-refractivity contribution in [1.82, 2.24) is 20.3 Å². The third-order valence-corrected chi connectivity index (χ3v) is 3.77. The van der Waals surface area contributed by atoms with Crippen LogP contribution in [0.3, 0.4) is 0 Å². The van der Waals surface area contributed by atoms with Crippen LogP contribution in [-0.2, 0) is 18.9 Å². The van der Waals surface area contributed by atoms with Gasteiger partial charge in [0.15, 0.2) is 0 Å². The first kappa shape index (κ1) is 11.7. The molecule has 0 atom stereocenters. The standard InChI is InChI=1S/C13H15ClN4/c1-18-7-12(16-17-18)6-13(8-15-9-13)10-3-2-4-11(14)5-10/h2-5,7,15H,6,8-9H2,1H3. The third-order valence-electron chi connectivity index (χ3n) is 3.53. The molecule has 18 heavy (non-hydrogen) atoms. The highest BCUT2D eigenvalue weighted by Crippen LogP contribution is 2.33. The number of nitrogens with one attached hydrogen (secondary N) is 1. The summed E-state index contributed by atoms with van der Waals surface area (Å²) < 4.78 is 1.74. The molecule has 0 radical (unpaired) electrons. The molecule has 4 nitrogen and oxygen atoms in total. The number of aryl methyl sites for hydroxylation is 1. The van der Waals surface area contributed by atoms with Gasteiger partial charge in [-0.05, 0) is 17.7 Å². The van der Waals surface area contributed by atoms with E-state index in [9.17, 15) is 0 Å². The van der Waals surface area contributed by atoms with Gasteiger partial charge in [-0.15, -0.1) is 5.10 Å². The number of rotatable bonds is 3. The van der Waals surface area contributed by atoms with Crippen molar-refractivity contribution in [3.63, 3.8) is 0 Å². The second-order valence-corrected chi connectivity index (χ2v) is 5.39. The van der Waals surface area contributed by atoms with Crippen LogP contribution in [0, 0.1) is 0 Å². The minimum Gasteiger partial charge on any atom is -0.315 e.